The first kappa shape index (κ1) is 17.9. The highest BCUT2D eigenvalue weighted by molar-refractivity contribution is 7.13. The van der Waals surface area contributed by atoms with Crippen LogP contribution in [0.15, 0.2) is 53.9 Å². The van der Waals surface area contributed by atoms with Crippen molar-refractivity contribution in [2.45, 2.75) is 12.8 Å². The predicted molar refractivity (Wildman–Crippen MR) is 104 cm³/mol. The third-order valence-corrected chi connectivity index (χ3v) is 5.11. The van der Waals surface area contributed by atoms with Gasteiger partial charge >= 0.3 is 0 Å². The molecule has 1 N–H and O–H groups in total. The summed E-state index contributed by atoms with van der Waals surface area (Å²) in [5.74, 6) is -0.0435. The number of aromatic nitrogens is 1. The molecule has 3 nitrogen and oxygen atoms in total. The van der Waals surface area contributed by atoms with Gasteiger partial charge in [0.15, 0.2) is 0 Å². The summed E-state index contributed by atoms with van der Waals surface area (Å²) in [5.41, 5.74) is 2.74. The Morgan fingerprint density at radius 2 is 1.96 bits per heavy atom. The second-order valence-electron chi connectivity index (χ2n) is 5.53. The lowest BCUT2D eigenvalue weighted by Crippen LogP contribution is -2.27. The highest BCUT2D eigenvalue weighted by Crippen LogP contribution is 2.30. The van der Waals surface area contributed by atoms with Gasteiger partial charge in [0, 0.05) is 22.5 Å². The molecule has 0 aliphatic heterocycles. The monoisotopic (exact) mass is 390 g/mol. The van der Waals surface area contributed by atoms with Crippen molar-refractivity contribution in [2.75, 3.05) is 6.54 Å². The summed E-state index contributed by atoms with van der Waals surface area (Å²) >= 11 is 13.6. The molecule has 0 unspecified atom stereocenters. The molecule has 0 aliphatic rings. The maximum Gasteiger partial charge on any atom is 0.226 e. The molecule has 0 saturated heterocycles. The van der Waals surface area contributed by atoms with E-state index in [1.165, 1.54) is 11.3 Å². The molecule has 0 spiro atoms. The van der Waals surface area contributed by atoms with Crippen LogP contribution in [-0.4, -0.2) is 17.4 Å². The summed E-state index contributed by atoms with van der Waals surface area (Å²) in [5, 5.41) is 7.01. The van der Waals surface area contributed by atoms with Crippen LogP contribution in [-0.2, 0) is 17.6 Å². The molecule has 0 radical (unpaired) electrons. The Balaban J connectivity index is 1.53. The van der Waals surface area contributed by atoms with Gasteiger partial charge in [0.2, 0.25) is 5.91 Å². The summed E-state index contributed by atoms with van der Waals surface area (Å²) < 4.78 is 0. The third kappa shape index (κ3) is 5.05. The fourth-order valence-electron chi connectivity index (χ4n) is 2.41. The van der Waals surface area contributed by atoms with E-state index in [0.717, 1.165) is 28.2 Å². The first-order chi connectivity index (χ1) is 12.1. The van der Waals surface area contributed by atoms with Crippen LogP contribution < -0.4 is 5.32 Å². The van der Waals surface area contributed by atoms with Crippen LogP contribution in [0.25, 0.3) is 10.6 Å². The van der Waals surface area contributed by atoms with Crippen molar-refractivity contribution in [3.05, 3.63) is 75.2 Å². The van der Waals surface area contributed by atoms with Gasteiger partial charge in [0.05, 0.1) is 17.1 Å². The number of carbonyl (C=O) groups is 1. The standard InChI is InChI=1S/C19H16Cl2N2OS/c20-14-5-3-4-13(10-14)8-9-22-18(24)11-15-12-25-19(23-15)16-6-1-2-7-17(16)21/h1-7,10,12H,8-9,11H2,(H,22,24). The van der Waals surface area contributed by atoms with Gasteiger partial charge in [0.1, 0.15) is 5.01 Å². The number of thiazole rings is 1. The van der Waals surface area contributed by atoms with Gasteiger partial charge in [-0.1, -0.05) is 53.5 Å². The largest absolute Gasteiger partial charge is 0.355 e. The van der Waals surface area contributed by atoms with Crippen LogP contribution in [0.3, 0.4) is 0 Å². The minimum Gasteiger partial charge on any atom is -0.355 e. The average Bonchev–Trinajstić information content (AvgIpc) is 3.03. The Kier molecular flexibility index (Phi) is 6.08. The first-order valence-electron chi connectivity index (χ1n) is 7.82. The van der Waals surface area contributed by atoms with Crippen LogP contribution in [0.1, 0.15) is 11.3 Å². The first-order valence-corrected chi connectivity index (χ1v) is 9.46. The SMILES string of the molecule is O=C(Cc1csc(-c2ccccc2Cl)n1)NCCc1cccc(Cl)c1. The zero-order valence-corrected chi connectivity index (χ0v) is 15.7. The molecule has 1 heterocycles. The fourth-order valence-corrected chi connectivity index (χ4v) is 3.77. The van der Waals surface area contributed by atoms with E-state index >= 15 is 0 Å². The summed E-state index contributed by atoms with van der Waals surface area (Å²) in [4.78, 5) is 16.6. The molecule has 0 fully saturated rings. The molecule has 0 aliphatic carbocycles. The Hall–Kier alpha value is -1.88. The van der Waals surface area contributed by atoms with Crippen molar-refractivity contribution in [3.63, 3.8) is 0 Å². The smallest absolute Gasteiger partial charge is 0.226 e. The Morgan fingerprint density at radius 3 is 2.76 bits per heavy atom. The van der Waals surface area contributed by atoms with Crippen LogP contribution in [0.4, 0.5) is 0 Å². The van der Waals surface area contributed by atoms with E-state index in [2.05, 4.69) is 10.3 Å². The molecule has 1 amide bonds. The number of carbonyl (C=O) groups excluding carboxylic acids is 1. The molecule has 0 saturated carbocycles. The Bertz CT molecular complexity index is 879. The molecular formula is C19H16Cl2N2OS. The van der Waals surface area contributed by atoms with Gasteiger partial charge in [-0.2, -0.15) is 0 Å². The van der Waals surface area contributed by atoms with E-state index in [4.69, 9.17) is 23.2 Å². The van der Waals surface area contributed by atoms with E-state index in [9.17, 15) is 4.79 Å². The highest BCUT2D eigenvalue weighted by Gasteiger charge is 2.10. The van der Waals surface area contributed by atoms with E-state index in [1.807, 2.05) is 53.9 Å². The molecule has 1 aromatic heterocycles. The number of nitrogens with zero attached hydrogens (tertiary/aromatic N) is 1. The zero-order valence-electron chi connectivity index (χ0n) is 13.3. The normalized spacial score (nSPS) is 10.6. The van der Waals surface area contributed by atoms with Crippen LogP contribution in [0, 0.1) is 0 Å². The Morgan fingerprint density at radius 1 is 1.12 bits per heavy atom. The predicted octanol–water partition coefficient (Wildman–Crippen LogP) is 5.02. The Labute approximate surface area is 160 Å². The van der Waals surface area contributed by atoms with Crippen LogP contribution in [0.2, 0.25) is 10.0 Å². The quantitative estimate of drug-likeness (QED) is 0.641. The molecule has 3 aromatic rings. The summed E-state index contributed by atoms with van der Waals surface area (Å²) in [6, 6.07) is 15.2. The second-order valence-corrected chi connectivity index (χ2v) is 7.23. The van der Waals surface area contributed by atoms with Crippen molar-refractivity contribution < 1.29 is 4.79 Å². The van der Waals surface area contributed by atoms with Gasteiger partial charge < -0.3 is 5.32 Å². The number of hydrogen-bond donors (Lipinski definition) is 1. The van der Waals surface area contributed by atoms with Crippen molar-refractivity contribution in [1.29, 1.82) is 0 Å². The minimum absolute atomic E-state index is 0.0435. The van der Waals surface area contributed by atoms with Gasteiger partial charge in [-0.25, -0.2) is 4.98 Å². The van der Waals surface area contributed by atoms with Crippen LogP contribution >= 0.6 is 34.5 Å². The number of benzene rings is 2. The number of rotatable bonds is 6. The summed E-state index contributed by atoms with van der Waals surface area (Å²) in [6.07, 6.45) is 1.00. The van der Waals surface area contributed by atoms with Crippen molar-refractivity contribution in [2.24, 2.45) is 0 Å². The molecular weight excluding hydrogens is 375 g/mol. The van der Waals surface area contributed by atoms with Crippen molar-refractivity contribution >= 4 is 40.4 Å². The van der Waals surface area contributed by atoms with E-state index in [0.29, 0.717) is 16.6 Å². The lowest BCUT2D eigenvalue weighted by atomic mass is 10.1. The van der Waals surface area contributed by atoms with Crippen molar-refractivity contribution in [1.82, 2.24) is 10.3 Å². The molecule has 25 heavy (non-hydrogen) atoms. The average molecular weight is 391 g/mol. The minimum atomic E-state index is -0.0435. The molecule has 3 rings (SSSR count). The third-order valence-electron chi connectivity index (χ3n) is 3.62. The van der Waals surface area contributed by atoms with Gasteiger partial charge in [-0.15, -0.1) is 11.3 Å². The number of amides is 1. The lowest BCUT2D eigenvalue weighted by Gasteiger charge is -2.05. The maximum absolute atomic E-state index is 12.1. The topological polar surface area (TPSA) is 42.0 Å². The van der Waals surface area contributed by atoms with E-state index in [-0.39, 0.29) is 12.3 Å². The molecule has 128 valence electrons. The molecule has 2 aromatic carbocycles. The lowest BCUT2D eigenvalue weighted by molar-refractivity contribution is -0.120. The van der Waals surface area contributed by atoms with E-state index < -0.39 is 0 Å². The number of halogens is 2. The highest BCUT2D eigenvalue weighted by atomic mass is 35.5. The van der Waals surface area contributed by atoms with Crippen LogP contribution in [0.5, 0.6) is 0 Å². The zero-order chi connectivity index (χ0) is 17.6. The molecule has 6 heteroatoms. The summed E-state index contributed by atoms with van der Waals surface area (Å²) in [7, 11) is 0. The molecule has 0 atom stereocenters. The van der Waals surface area contributed by atoms with Gasteiger partial charge in [0.25, 0.3) is 0 Å². The summed E-state index contributed by atoms with van der Waals surface area (Å²) in [6.45, 7) is 0.570. The van der Waals surface area contributed by atoms with Crippen molar-refractivity contribution in [3.8, 4) is 10.6 Å². The fraction of sp³-hybridized carbons (Fsp3) is 0.158. The number of hydrogen-bond acceptors (Lipinski definition) is 3. The number of nitrogens with one attached hydrogen (secondary N) is 1. The molecule has 0 bridgehead atoms. The maximum atomic E-state index is 12.1. The van der Waals surface area contributed by atoms with Gasteiger partial charge in [-0.3, -0.25) is 4.79 Å². The van der Waals surface area contributed by atoms with Gasteiger partial charge in [-0.05, 0) is 30.2 Å². The van der Waals surface area contributed by atoms with E-state index in [1.54, 1.807) is 0 Å². The second kappa shape index (κ2) is 8.48.